The lowest BCUT2D eigenvalue weighted by Gasteiger charge is -2.25. The number of hydrogen-bond donors (Lipinski definition) is 3. The molecule has 1 aliphatic heterocycles. The average Bonchev–Trinajstić information content (AvgIpc) is 2.91. The third-order valence-electron chi connectivity index (χ3n) is 3.93. The van der Waals surface area contributed by atoms with Crippen molar-refractivity contribution in [3.8, 4) is 0 Å². The molecular weight excluding hydrogens is 264 g/mol. The molecule has 21 heavy (non-hydrogen) atoms. The number of hydrazine groups is 1. The Morgan fingerprint density at radius 1 is 1.38 bits per heavy atom. The molecule has 2 atom stereocenters. The van der Waals surface area contributed by atoms with Crippen LogP contribution in [0.5, 0.6) is 0 Å². The molecule has 2 unspecified atom stereocenters. The van der Waals surface area contributed by atoms with Gasteiger partial charge in [0.2, 0.25) is 5.91 Å². The monoisotopic (exact) mass is 290 g/mol. The highest BCUT2D eigenvalue weighted by Gasteiger charge is 2.26. The van der Waals surface area contributed by atoms with Crippen LogP contribution in [0.15, 0.2) is 24.3 Å². The van der Waals surface area contributed by atoms with E-state index in [2.05, 4.69) is 60.0 Å². The highest BCUT2D eigenvalue weighted by molar-refractivity contribution is 5.82. The molecule has 0 aliphatic carbocycles. The molecular formula is C16H26N4O. The Morgan fingerprint density at radius 2 is 2.14 bits per heavy atom. The third-order valence-corrected chi connectivity index (χ3v) is 3.93. The summed E-state index contributed by atoms with van der Waals surface area (Å²) in [6, 6.07) is 8.58. The van der Waals surface area contributed by atoms with Crippen LogP contribution in [0.3, 0.4) is 0 Å². The van der Waals surface area contributed by atoms with Crippen LogP contribution in [0.2, 0.25) is 0 Å². The minimum Gasteiger partial charge on any atom is -0.370 e. The predicted molar refractivity (Wildman–Crippen MR) is 86.2 cm³/mol. The summed E-state index contributed by atoms with van der Waals surface area (Å²) >= 11 is 0. The Labute approximate surface area is 127 Å². The van der Waals surface area contributed by atoms with Gasteiger partial charge in [0, 0.05) is 31.4 Å². The van der Waals surface area contributed by atoms with Gasteiger partial charge in [0.25, 0.3) is 0 Å². The number of nitrogens with one attached hydrogen (secondary N) is 3. The van der Waals surface area contributed by atoms with Gasteiger partial charge < -0.3 is 10.2 Å². The van der Waals surface area contributed by atoms with Crippen molar-refractivity contribution in [1.82, 2.24) is 16.2 Å². The van der Waals surface area contributed by atoms with Gasteiger partial charge in [-0.1, -0.05) is 18.2 Å². The maximum atomic E-state index is 12.0. The fraction of sp³-hybridized carbons (Fsp3) is 0.562. The number of hydrogen-bond acceptors (Lipinski definition) is 4. The lowest BCUT2D eigenvalue weighted by Crippen LogP contribution is -2.45. The smallest absolute Gasteiger partial charge is 0.238 e. The average molecular weight is 290 g/mol. The van der Waals surface area contributed by atoms with Crippen LogP contribution in [-0.2, 0) is 4.79 Å². The molecule has 1 saturated heterocycles. The first kappa shape index (κ1) is 15.8. The predicted octanol–water partition coefficient (Wildman–Crippen LogP) is 1.19. The minimum atomic E-state index is -0.117. The fourth-order valence-corrected chi connectivity index (χ4v) is 2.69. The molecule has 5 heteroatoms. The zero-order chi connectivity index (χ0) is 15.2. The van der Waals surface area contributed by atoms with Crippen molar-refractivity contribution in [2.75, 3.05) is 24.5 Å². The number of para-hydroxylation sites is 1. The number of likely N-dealkylation sites (N-methyl/N-ethyl adjacent to an activating group) is 1. The normalized spacial score (nSPS) is 21.3. The number of nitrogens with zero attached hydrogens (tertiary/aromatic N) is 1. The second kappa shape index (κ2) is 7.43. The molecule has 1 heterocycles. The molecule has 0 bridgehead atoms. The molecule has 3 N–H and O–H groups in total. The molecule has 2 rings (SSSR count). The number of aryl methyl sites for hydroxylation is 1. The van der Waals surface area contributed by atoms with E-state index in [4.69, 9.17) is 0 Å². The third kappa shape index (κ3) is 4.19. The van der Waals surface area contributed by atoms with E-state index < -0.39 is 0 Å². The molecule has 5 nitrogen and oxygen atoms in total. The molecule has 0 spiro atoms. The maximum Gasteiger partial charge on any atom is 0.238 e. The van der Waals surface area contributed by atoms with Crippen LogP contribution in [-0.4, -0.2) is 37.6 Å². The van der Waals surface area contributed by atoms with Gasteiger partial charge in [-0.3, -0.25) is 10.2 Å². The molecule has 0 saturated carbocycles. The standard InChI is InChI=1S/C16H26N4O/c1-4-20(15-8-6-5-7-12(15)2)10-9-17-16(21)14-11-13(3)18-19-14/h5-8,13-14,18-19H,4,9-11H2,1-3H3,(H,17,21). The van der Waals surface area contributed by atoms with Crippen LogP contribution in [0.25, 0.3) is 0 Å². The SMILES string of the molecule is CCN(CCNC(=O)C1CC(C)NN1)c1ccccc1C. The molecule has 1 aliphatic rings. The zero-order valence-corrected chi connectivity index (χ0v) is 13.1. The molecule has 1 amide bonds. The second-order valence-electron chi connectivity index (χ2n) is 5.64. The van der Waals surface area contributed by atoms with Crippen LogP contribution in [0.1, 0.15) is 25.8 Å². The summed E-state index contributed by atoms with van der Waals surface area (Å²) in [5.74, 6) is 0.0766. The van der Waals surface area contributed by atoms with E-state index in [0.29, 0.717) is 12.6 Å². The quantitative estimate of drug-likeness (QED) is 0.737. The summed E-state index contributed by atoms with van der Waals surface area (Å²) in [4.78, 5) is 14.3. The summed E-state index contributed by atoms with van der Waals surface area (Å²) in [6.07, 6.45) is 0.834. The van der Waals surface area contributed by atoms with E-state index in [1.54, 1.807) is 0 Å². The van der Waals surface area contributed by atoms with Gasteiger partial charge in [0.1, 0.15) is 6.04 Å². The van der Waals surface area contributed by atoms with Gasteiger partial charge in [0.05, 0.1) is 0 Å². The van der Waals surface area contributed by atoms with Gasteiger partial charge in [-0.15, -0.1) is 0 Å². The van der Waals surface area contributed by atoms with E-state index >= 15 is 0 Å². The first-order valence-electron chi connectivity index (χ1n) is 7.71. The van der Waals surface area contributed by atoms with E-state index in [-0.39, 0.29) is 11.9 Å². The van der Waals surface area contributed by atoms with E-state index in [1.165, 1.54) is 11.3 Å². The summed E-state index contributed by atoms with van der Waals surface area (Å²) in [6.45, 7) is 8.74. The van der Waals surface area contributed by atoms with Crippen molar-refractivity contribution in [2.24, 2.45) is 0 Å². The topological polar surface area (TPSA) is 56.4 Å². The zero-order valence-electron chi connectivity index (χ0n) is 13.1. The molecule has 1 fully saturated rings. The van der Waals surface area contributed by atoms with Crippen molar-refractivity contribution < 1.29 is 4.79 Å². The molecule has 116 valence electrons. The number of carbonyl (C=O) groups is 1. The second-order valence-corrected chi connectivity index (χ2v) is 5.64. The van der Waals surface area contributed by atoms with E-state index in [0.717, 1.165) is 19.5 Å². The van der Waals surface area contributed by atoms with Crippen LogP contribution in [0.4, 0.5) is 5.69 Å². The number of rotatable bonds is 6. The Morgan fingerprint density at radius 3 is 2.76 bits per heavy atom. The summed E-state index contributed by atoms with van der Waals surface area (Å²) in [5.41, 5.74) is 8.60. The van der Waals surface area contributed by atoms with Crippen molar-refractivity contribution in [1.29, 1.82) is 0 Å². The van der Waals surface area contributed by atoms with Gasteiger partial charge >= 0.3 is 0 Å². The summed E-state index contributed by atoms with van der Waals surface area (Å²) < 4.78 is 0. The van der Waals surface area contributed by atoms with Crippen molar-refractivity contribution >= 4 is 11.6 Å². The summed E-state index contributed by atoms with van der Waals surface area (Å²) in [7, 11) is 0. The van der Waals surface area contributed by atoms with Gasteiger partial charge in [-0.25, -0.2) is 5.43 Å². The van der Waals surface area contributed by atoms with E-state index in [1.807, 2.05) is 6.07 Å². The van der Waals surface area contributed by atoms with Crippen molar-refractivity contribution in [3.05, 3.63) is 29.8 Å². The molecule has 0 aromatic heterocycles. The number of anilines is 1. The Balaban J connectivity index is 1.81. The van der Waals surface area contributed by atoms with Crippen molar-refractivity contribution in [2.45, 2.75) is 39.3 Å². The number of carbonyl (C=O) groups excluding carboxylic acids is 1. The van der Waals surface area contributed by atoms with Gasteiger partial charge in [-0.2, -0.15) is 0 Å². The lowest BCUT2D eigenvalue weighted by molar-refractivity contribution is -0.122. The maximum absolute atomic E-state index is 12.0. The lowest BCUT2D eigenvalue weighted by atomic mass is 10.1. The summed E-state index contributed by atoms with van der Waals surface area (Å²) in [5, 5.41) is 3.02. The largest absolute Gasteiger partial charge is 0.370 e. The van der Waals surface area contributed by atoms with Crippen LogP contribution >= 0.6 is 0 Å². The Kier molecular flexibility index (Phi) is 5.59. The van der Waals surface area contributed by atoms with Crippen molar-refractivity contribution in [3.63, 3.8) is 0 Å². The first-order chi connectivity index (χ1) is 10.1. The van der Waals surface area contributed by atoms with Crippen LogP contribution in [0, 0.1) is 6.92 Å². The van der Waals surface area contributed by atoms with Gasteiger partial charge in [0.15, 0.2) is 0 Å². The molecule has 1 aromatic rings. The minimum absolute atomic E-state index is 0.0766. The number of amides is 1. The van der Waals surface area contributed by atoms with E-state index in [9.17, 15) is 4.79 Å². The fourth-order valence-electron chi connectivity index (χ4n) is 2.69. The Bertz CT molecular complexity index is 477. The molecule has 1 aromatic carbocycles. The Hall–Kier alpha value is -1.59. The highest BCUT2D eigenvalue weighted by Crippen LogP contribution is 2.18. The molecule has 0 radical (unpaired) electrons. The highest BCUT2D eigenvalue weighted by atomic mass is 16.2. The van der Waals surface area contributed by atoms with Gasteiger partial charge in [-0.05, 0) is 38.8 Å². The number of benzene rings is 1. The van der Waals surface area contributed by atoms with Crippen LogP contribution < -0.4 is 21.1 Å². The first-order valence-corrected chi connectivity index (χ1v) is 7.71.